The molecule has 0 nitrogen and oxygen atoms in total. The summed E-state index contributed by atoms with van der Waals surface area (Å²) in [5.41, 5.74) is 0. The Bertz CT molecular complexity index is 358. The summed E-state index contributed by atoms with van der Waals surface area (Å²) in [6.07, 6.45) is -5.35. The SMILES string of the molecule is F/C(=C\I)C(F)(F)C(F)(F)C(F)(F)C(F)(F)C(F)F. The van der Waals surface area contributed by atoms with Gasteiger partial charge in [-0.1, -0.05) is 0 Å². The highest BCUT2D eigenvalue weighted by Gasteiger charge is 2.83. The lowest BCUT2D eigenvalue weighted by Gasteiger charge is -2.35. The molecule has 0 N–H and O–H groups in total. The summed E-state index contributed by atoms with van der Waals surface area (Å²) < 4.78 is 135. The van der Waals surface area contributed by atoms with Crippen molar-refractivity contribution in [1.29, 1.82) is 0 Å². The second-order valence-electron chi connectivity index (χ2n) is 3.10. The summed E-state index contributed by atoms with van der Waals surface area (Å²) in [6, 6.07) is 0. The quantitative estimate of drug-likeness (QED) is 0.431. The largest absolute Gasteiger partial charge is 0.385 e. The van der Waals surface area contributed by atoms with Gasteiger partial charge in [-0.15, -0.1) is 0 Å². The normalized spacial score (nSPS) is 16.2. The zero-order valence-corrected chi connectivity index (χ0v) is 10.3. The monoisotopic (exact) mass is 422 g/mol. The van der Waals surface area contributed by atoms with Crippen molar-refractivity contribution >= 4 is 22.6 Å². The van der Waals surface area contributed by atoms with Crippen molar-refractivity contribution in [1.82, 2.24) is 0 Å². The molecule has 0 aromatic carbocycles. The number of halogens is 12. The van der Waals surface area contributed by atoms with Gasteiger partial charge in [-0.3, -0.25) is 0 Å². The summed E-state index contributed by atoms with van der Waals surface area (Å²) in [7, 11) is 0. The minimum Gasteiger partial charge on any atom is -0.204 e. The third-order valence-corrected chi connectivity index (χ3v) is 2.42. The first-order valence-electron chi connectivity index (χ1n) is 3.93. The number of allylic oxidation sites excluding steroid dienone is 1. The molecule has 0 aromatic heterocycles. The van der Waals surface area contributed by atoms with Crippen molar-refractivity contribution in [3.8, 4) is 0 Å². The van der Waals surface area contributed by atoms with Gasteiger partial charge < -0.3 is 0 Å². The van der Waals surface area contributed by atoms with Crippen molar-refractivity contribution in [2.24, 2.45) is 0 Å². The van der Waals surface area contributed by atoms with E-state index in [9.17, 15) is 48.3 Å². The van der Waals surface area contributed by atoms with Crippen LogP contribution in [0.5, 0.6) is 0 Å². The van der Waals surface area contributed by atoms with Crippen LogP contribution in [0.15, 0.2) is 9.91 Å². The van der Waals surface area contributed by atoms with Crippen molar-refractivity contribution in [2.45, 2.75) is 30.1 Å². The lowest BCUT2D eigenvalue weighted by atomic mass is 9.98. The van der Waals surface area contributed by atoms with E-state index in [2.05, 4.69) is 0 Å². The number of rotatable bonds is 5. The highest BCUT2D eigenvalue weighted by molar-refractivity contribution is 14.1. The fraction of sp³-hybridized carbons (Fsp3) is 0.714. The van der Waals surface area contributed by atoms with E-state index in [0.29, 0.717) is 22.6 Å². The van der Waals surface area contributed by atoms with Crippen LogP contribution >= 0.6 is 22.6 Å². The Morgan fingerprint density at radius 2 is 1.21 bits per heavy atom. The van der Waals surface area contributed by atoms with Crippen molar-refractivity contribution < 1.29 is 48.3 Å². The lowest BCUT2D eigenvalue weighted by molar-refractivity contribution is -0.378. The molecule has 12 heteroatoms. The smallest absolute Gasteiger partial charge is 0.204 e. The summed E-state index contributed by atoms with van der Waals surface area (Å²) in [4.78, 5) is 0. The first-order valence-corrected chi connectivity index (χ1v) is 5.18. The van der Waals surface area contributed by atoms with Crippen LogP contribution in [0.1, 0.15) is 0 Å². The standard InChI is InChI=1S/C7H2F11I/c8-2(1-19)4(11,12)6(15,16)7(17,18)5(13,14)3(9)10/h1,3H/b2-1-. The van der Waals surface area contributed by atoms with Gasteiger partial charge in [-0.2, -0.15) is 35.1 Å². The average molecular weight is 422 g/mol. The first-order chi connectivity index (χ1) is 8.17. The minimum absolute atomic E-state index is 0.414. The summed E-state index contributed by atoms with van der Waals surface area (Å²) in [5, 5.41) is 0. The predicted octanol–water partition coefficient (Wildman–Crippen LogP) is 5.04. The van der Waals surface area contributed by atoms with Crippen molar-refractivity contribution in [2.75, 3.05) is 0 Å². The fourth-order valence-corrected chi connectivity index (χ4v) is 1.15. The topological polar surface area (TPSA) is 0 Å². The molecule has 0 bridgehead atoms. The summed E-state index contributed by atoms with van der Waals surface area (Å²) in [5.74, 6) is -30.6. The molecule has 0 atom stereocenters. The molecule has 0 unspecified atom stereocenters. The third kappa shape index (κ3) is 2.63. The Hall–Kier alpha value is -0.300. The Kier molecular flexibility index (Phi) is 5.15. The van der Waals surface area contributed by atoms with E-state index in [0.717, 1.165) is 0 Å². The number of hydrogen-bond acceptors (Lipinski definition) is 0. The summed E-state index contributed by atoms with van der Waals surface area (Å²) in [6.45, 7) is 0. The molecule has 0 aliphatic carbocycles. The molecule has 0 aliphatic heterocycles. The van der Waals surface area contributed by atoms with Gasteiger partial charge in [-0.05, 0) is 22.6 Å². The van der Waals surface area contributed by atoms with Crippen LogP contribution in [0.3, 0.4) is 0 Å². The van der Waals surface area contributed by atoms with Gasteiger partial charge in [0.15, 0.2) is 5.83 Å². The molecule has 0 radical (unpaired) electrons. The maximum Gasteiger partial charge on any atom is 0.385 e. The van der Waals surface area contributed by atoms with Gasteiger partial charge in [-0.25, -0.2) is 13.2 Å². The Morgan fingerprint density at radius 3 is 1.47 bits per heavy atom. The first kappa shape index (κ1) is 18.7. The number of alkyl halides is 10. The molecule has 19 heavy (non-hydrogen) atoms. The van der Waals surface area contributed by atoms with Gasteiger partial charge in [0.2, 0.25) is 0 Å². The van der Waals surface area contributed by atoms with Crippen LogP contribution in [0.2, 0.25) is 0 Å². The molecular formula is C7H2F11I. The number of hydrogen-bond donors (Lipinski definition) is 0. The fourth-order valence-electron chi connectivity index (χ4n) is 0.762. The molecule has 0 spiro atoms. The van der Waals surface area contributed by atoms with E-state index in [4.69, 9.17) is 0 Å². The third-order valence-electron chi connectivity index (χ3n) is 1.88. The molecule has 0 aliphatic rings. The van der Waals surface area contributed by atoms with Crippen LogP contribution in [-0.4, -0.2) is 30.1 Å². The Labute approximate surface area is 111 Å². The molecule has 0 aromatic rings. The highest BCUT2D eigenvalue weighted by atomic mass is 127. The van der Waals surface area contributed by atoms with Gasteiger partial charge in [0.1, 0.15) is 0 Å². The van der Waals surface area contributed by atoms with E-state index in [1.165, 1.54) is 0 Å². The molecule has 0 rings (SSSR count). The molecule has 0 heterocycles. The summed E-state index contributed by atoms with van der Waals surface area (Å²) >= 11 is 0.610. The minimum atomic E-state index is -7.17. The van der Waals surface area contributed by atoms with Crippen LogP contribution < -0.4 is 0 Å². The predicted molar refractivity (Wildman–Crippen MR) is 49.0 cm³/mol. The van der Waals surface area contributed by atoms with E-state index in [1.54, 1.807) is 0 Å². The second kappa shape index (κ2) is 5.24. The molecule has 0 amide bonds. The van der Waals surface area contributed by atoms with E-state index in [1.807, 2.05) is 0 Å². The lowest BCUT2D eigenvalue weighted by Crippen LogP contribution is -2.64. The van der Waals surface area contributed by atoms with E-state index < -0.39 is 40.0 Å². The molecule has 0 saturated heterocycles. The maximum atomic E-state index is 12.7. The van der Waals surface area contributed by atoms with Gasteiger partial charge in [0, 0.05) is 4.08 Å². The van der Waals surface area contributed by atoms with E-state index in [-0.39, 0.29) is 0 Å². The van der Waals surface area contributed by atoms with Gasteiger partial charge >= 0.3 is 30.1 Å². The van der Waals surface area contributed by atoms with Crippen molar-refractivity contribution in [3.05, 3.63) is 9.91 Å². The average Bonchev–Trinajstić information content (AvgIpc) is 2.26. The molecule has 0 saturated carbocycles. The zero-order chi connectivity index (χ0) is 15.9. The molecule has 114 valence electrons. The van der Waals surface area contributed by atoms with Crippen molar-refractivity contribution in [3.63, 3.8) is 0 Å². The van der Waals surface area contributed by atoms with Crippen LogP contribution in [0.4, 0.5) is 48.3 Å². The second-order valence-corrected chi connectivity index (χ2v) is 3.73. The van der Waals surface area contributed by atoms with Gasteiger partial charge in [0.05, 0.1) is 0 Å². The van der Waals surface area contributed by atoms with Crippen LogP contribution in [-0.2, 0) is 0 Å². The van der Waals surface area contributed by atoms with Crippen LogP contribution in [0, 0.1) is 0 Å². The Morgan fingerprint density at radius 1 is 0.842 bits per heavy atom. The van der Waals surface area contributed by atoms with Crippen LogP contribution in [0.25, 0.3) is 0 Å². The van der Waals surface area contributed by atoms with Gasteiger partial charge in [0.25, 0.3) is 0 Å². The molecular weight excluding hydrogens is 420 g/mol. The molecule has 0 fully saturated rings. The highest BCUT2D eigenvalue weighted by Crippen LogP contribution is 2.56. The Balaban J connectivity index is 5.91. The van der Waals surface area contributed by atoms with E-state index >= 15 is 0 Å². The zero-order valence-electron chi connectivity index (χ0n) is 8.19. The maximum absolute atomic E-state index is 12.7.